The predicted octanol–water partition coefficient (Wildman–Crippen LogP) is 0.00370. The molecule has 3 N–H and O–H groups in total. The fourth-order valence-corrected chi connectivity index (χ4v) is 1.34. The predicted molar refractivity (Wildman–Crippen MR) is 63.3 cm³/mol. The first-order chi connectivity index (χ1) is 8.27. The van der Waals surface area contributed by atoms with Crippen molar-refractivity contribution in [2.24, 2.45) is 16.0 Å². The summed E-state index contributed by atoms with van der Waals surface area (Å²) in [4.78, 5) is 16.2. The topological polar surface area (TPSA) is 89.1 Å². The second-order valence-corrected chi connectivity index (χ2v) is 3.45. The number of amidine groups is 1. The van der Waals surface area contributed by atoms with Gasteiger partial charge in [0.15, 0.2) is 5.84 Å². The highest BCUT2D eigenvalue weighted by Gasteiger charge is 2.22. The Bertz CT molecular complexity index is 468. The van der Waals surface area contributed by atoms with Crippen LogP contribution in [0.4, 0.5) is 0 Å². The average Bonchev–Trinajstić information content (AvgIpc) is 2.67. The molecule has 88 valence electrons. The highest BCUT2D eigenvalue weighted by atomic mass is 16.6. The summed E-state index contributed by atoms with van der Waals surface area (Å²) >= 11 is 0. The van der Waals surface area contributed by atoms with E-state index in [4.69, 9.17) is 10.6 Å². The first-order valence-electron chi connectivity index (χ1n) is 5.15. The van der Waals surface area contributed by atoms with Gasteiger partial charge in [0, 0.05) is 6.42 Å². The summed E-state index contributed by atoms with van der Waals surface area (Å²) in [6.45, 7) is 0.383. The molecule has 1 amide bonds. The minimum Gasteiger partial charge on any atom is -0.395 e. The lowest BCUT2D eigenvalue weighted by atomic mass is 10.2. The molecular weight excluding hydrogens is 220 g/mol. The van der Waals surface area contributed by atoms with Crippen LogP contribution in [0.3, 0.4) is 0 Å². The first-order valence-corrected chi connectivity index (χ1v) is 5.15. The van der Waals surface area contributed by atoms with Gasteiger partial charge in [-0.15, -0.1) is 0 Å². The van der Waals surface area contributed by atoms with Crippen molar-refractivity contribution in [2.45, 2.75) is 6.42 Å². The van der Waals surface area contributed by atoms with Crippen molar-refractivity contribution in [2.75, 3.05) is 6.61 Å². The number of hydrazone groups is 1. The number of nitrogens with two attached hydrogens (primary N) is 1. The second kappa shape index (κ2) is 5.11. The molecule has 0 fully saturated rings. The molecule has 0 radical (unpaired) electrons. The lowest BCUT2D eigenvalue weighted by molar-refractivity contribution is -0.114. The van der Waals surface area contributed by atoms with Gasteiger partial charge in [0.05, 0.1) is 0 Å². The molecule has 0 atom stereocenters. The molecule has 17 heavy (non-hydrogen) atoms. The SMILES string of the molecule is NC1=NNC(=O)/C1=N\OCCc1ccccc1. The van der Waals surface area contributed by atoms with E-state index in [0.717, 1.165) is 12.0 Å². The van der Waals surface area contributed by atoms with E-state index in [0.29, 0.717) is 6.61 Å². The van der Waals surface area contributed by atoms with Crippen LogP contribution < -0.4 is 11.2 Å². The van der Waals surface area contributed by atoms with Crippen LogP contribution in [0.25, 0.3) is 0 Å². The molecule has 1 aliphatic rings. The monoisotopic (exact) mass is 232 g/mol. The largest absolute Gasteiger partial charge is 0.395 e. The Balaban J connectivity index is 1.82. The van der Waals surface area contributed by atoms with Gasteiger partial charge in [-0.3, -0.25) is 4.79 Å². The minimum atomic E-state index is -0.442. The van der Waals surface area contributed by atoms with Gasteiger partial charge in [0.1, 0.15) is 6.61 Å². The van der Waals surface area contributed by atoms with E-state index >= 15 is 0 Å². The van der Waals surface area contributed by atoms with Crippen LogP contribution in [-0.2, 0) is 16.1 Å². The average molecular weight is 232 g/mol. The van der Waals surface area contributed by atoms with Crippen molar-refractivity contribution in [3.05, 3.63) is 35.9 Å². The Morgan fingerprint density at radius 2 is 2.12 bits per heavy atom. The summed E-state index contributed by atoms with van der Waals surface area (Å²) in [7, 11) is 0. The van der Waals surface area contributed by atoms with Crippen molar-refractivity contribution in [1.82, 2.24) is 5.43 Å². The number of hydrogen-bond acceptors (Lipinski definition) is 5. The quantitative estimate of drug-likeness (QED) is 0.565. The molecule has 0 saturated heterocycles. The summed E-state index contributed by atoms with van der Waals surface area (Å²) in [6.07, 6.45) is 0.719. The third-order valence-electron chi connectivity index (χ3n) is 2.22. The number of hydrogen-bond donors (Lipinski definition) is 2. The molecule has 1 heterocycles. The second-order valence-electron chi connectivity index (χ2n) is 3.45. The molecular formula is C11H12N4O2. The molecule has 0 unspecified atom stereocenters. The third-order valence-corrected chi connectivity index (χ3v) is 2.22. The third kappa shape index (κ3) is 2.81. The van der Waals surface area contributed by atoms with E-state index in [1.54, 1.807) is 0 Å². The molecule has 1 aromatic rings. The Labute approximate surface area is 98.1 Å². The van der Waals surface area contributed by atoms with Crippen LogP contribution in [0, 0.1) is 0 Å². The summed E-state index contributed by atoms with van der Waals surface area (Å²) in [5.74, 6) is -0.392. The maximum absolute atomic E-state index is 11.1. The molecule has 0 aliphatic carbocycles. The molecule has 2 rings (SSSR count). The number of nitrogens with zero attached hydrogens (tertiary/aromatic N) is 2. The fourth-order valence-electron chi connectivity index (χ4n) is 1.34. The van der Waals surface area contributed by atoms with E-state index in [1.165, 1.54) is 0 Å². The Kier molecular flexibility index (Phi) is 3.34. The minimum absolute atomic E-state index is 0.0260. The standard InChI is InChI=1S/C11H12N4O2/c12-10-9(11(16)14-13-10)15-17-7-6-8-4-2-1-3-5-8/h1-5H,6-7H2,(H3,12,13,14,15,16). The molecule has 0 bridgehead atoms. The molecule has 0 saturated carbocycles. The number of carbonyl (C=O) groups excluding carboxylic acids is 1. The van der Waals surface area contributed by atoms with Crippen molar-refractivity contribution in [1.29, 1.82) is 0 Å². The van der Waals surface area contributed by atoms with Crippen molar-refractivity contribution in [3.8, 4) is 0 Å². The lowest BCUT2D eigenvalue weighted by Crippen LogP contribution is -2.28. The van der Waals surface area contributed by atoms with Gasteiger partial charge in [0.25, 0.3) is 5.91 Å². The van der Waals surface area contributed by atoms with E-state index in [-0.39, 0.29) is 11.5 Å². The normalized spacial score (nSPS) is 16.8. The van der Waals surface area contributed by atoms with Gasteiger partial charge < -0.3 is 10.6 Å². The van der Waals surface area contributed by atoms with Gasteiger partial charge in [-0.25, -0.2) is 5.43 Å². The highest BCUT2D eigenvalue weighted by molar-refractivity contribution is 6.68. The number of benzene rings is 1. The Hall–Kier alpha value is -2.37. The Morgan fingerprint density at radius 1 is 1.35 bits per heavy atom. The highest BCUT2D eigenvalue weighted by Crippen LogP contribution is 2.00. The fraction of sp³-hybridized carbons (Fsp3) is 0.182. The van der Waals surface area contributed by atoms with Gasteiger partial charge in [-0.2, -0.15) is 5.10 Å². The van der Waals surface area contributed by atoms with E-state index in [9.17, 15) is 4.79 Å². The summed E-state index contributed by atoms with van der Waals surface area (Å²) in [6, 6.07) is 9.85. The van der Waals surface area contributed by atoms with Crippen LogP contribution in [0.2, 0.25) is 0 Å². The molecule has 0 aromatic heterocycles. The maximum atomic E-state index is 11.1. The van der Waals surface area contributed by atoms with Gasteiger partial charge in [-0.05, 0) is 5.56 Å². The first kappa shape index (κ1) is 11.1. The van der Waals surface area contributed by atoms with Gasteiger partial charge in [0.2, 0.25) is 5.71 Å². The summed E-state index contributed by atoms with van der Waals surface area (Å²) in [5.41, 5.74) is 8.78. The van der Waals surface area contributed by atoms with Crippen LogP contribution >= 0.6 is 0 Å². The number of oxime groups is 1. The van der Waals surface area contributed by atoms with Crippen LogP contribution in [0.1, 0.15) is 5.56 Å². The van der Waals surface area contributed by atoms with Crippen molar-refractivity contribution in [3.63, 3.8) is 0 Å². The van der Waals surface area contributed by atoms with Crippen LogP contribution in [0.5, 0.6) is 0 Å². The molecule has 1 aromatic carbocycles. The number of nitrogens with one attached hydrogen (secondary N) is 1. The molecule has 6 nitrogen and oxygen atoms in total. The summed E-state index contributed by atoms with van der Waals surface area (Å²) in [5, 5.41) is 7.17. The van der Waals surface area contributed by atoms with E-state index < -0.39 is 5.91 Å². The zero-order valence-corrected chi connectivity index (χ0v) is 9.09. The van der Waals surface area contributed by atoms with Crippen LogP contribution in [-0.4, -0.2) is 24.1 Å². The maximum Gasteiger partial charge on any atom is 0.297 e. The van der Waals surface area contributed by atoms with Gasteiger partial charge in [-0.1, -0.05) is 35.5 Å². The van der Waals surface area contributed by atoms with Crippen molar-refractivity contribution < 1.29 is 9.63 Å². The lowest BCUT2D eigenvalue weighted by Gasteiger charge is -2.00. The Morgan fingerprint density at radius 3 is 2.76 bits per heavy atom. The van der Waals surface area contributed by atoms with E-state index in [1.807, 2.05) is 30.3 Å². The zero-order valence-electron chi connectivity index (χ0n) is 9.09. The van der Waals surface area contributed by atoms with Crippen molar-refractivity contribution >= 4 is 17.5 Å². The molecule has 1 aliphatic heterocycles. The molecule has 6 heteroatoms. The number of amides is 1. The summed E-state index contributed by atoms with van der Waals surface area (Å²) < 4.78 is 0. The number of rotatable bonds is 4. The number of carbonyl (C=O) groups is 1. The van der Waals surface area contributed by atoms with Gasteiger partial charge >= 0.3 is 0 Å². The van der Waals surface area contributed by atoms with E-state index in [2.05, 4.69) is 15.7 Å². The van der Waals surface area contributed by atoms with Crippen LogP contribution in [0.15, 0.2) is 40.6 Å². The smallest absolute Gasteiger partial charge is 0.297 e. The zero-order chi connectivity index (χ0) is 12.1. The molecule has 0 spiro atoms.